The molecule has 0 heterocycles. The Morgan fingerprint density at radius 2 is 2.10 bits per heavy atom. The third-order valence-corrected chi connectivity index (χ3v) is 3.58. The average Bonchev–Trinajstić information content (AvgIpc) is 2.97. The molecule has 0 radical (unpaired) electrons. The van der Waals surface area contributed by atoms with E-state index < -0.39 is 0 Å². The molecule has 0 unspecified atom stereocenters. The Morgan fingerprint density at radius 3 is 2.70 bits per heavy atom. The summed E-state index contributed by atoms with van der Waals surface area (Å²) in [5.41, 5.74) is 5.95. The molecule has 0 atom stereocenters. The van der Waals surface area contributed by atoms with E-state index in [0.29, 0.717) is 5.56 Å². The summed E-state index contributed by atoms with van der Waals surface area (Å²) in [6, 6.07) is 6.32. The highest BCUT2D eigenvalue weighted by Gasteiger charge is 2.28. The molecule has 1 aromatic carbocycles. The van der Waals surface area contributed by atoms with E-state index in [1.165, 1.54) is 12.1 Å². The summed E-state index contributed by atoms with van der Waals surface area (Å²) in [6.07, 6.45) is 3.99. The minimum absolute atomic E-state index is 0.00500. The van der Waals surface area contributed by atoms with Gasteiger partial charge in [-0.15, -0.1) is 0 Å². The van der Waals surface area contributed by atoms with Crippen molar-refractivity contribution >= 4 is 11.7 Å². The van der Waals surface area contributed by atoms with Gasteiger partial charge in [0.2, 0.25) is 0 Å². The van der Waals surface area contributed by atoms with E-state index in [0.717, 1.165) is 25.7 Å². The normalized spacial score (nSPS) is 16.3. The first kappa shape index (κ1) is 14.2. The summed E-state index contributed by atoms with van der Waals surface area (Å²) in [5.74, 6) is -0.157. The van der Waals surface area contributed by atoms with Crippen LogP contribution >= 0.6 is 0 Å². The summed E-state index contributed by atoms with van der Waals surface area (Å²) in [4.78, 5) is 14.2. The van der Waals surface area contributed by atoms with Crippen LogP contribution in [0.5, 0.6) is 5.75 Å². The van der Waals surface area contributed by atoms with E-state index in [-0.39, 0.29) is 30.1 Å². The Morgan fingerprint density at radius 1 is 1.40 bits per heavy atom. The minimum Gasteiger partial charge on any atom is -0.508 e. The lowest BCUT2D eigenvalue weighted by atomic mass is 10.1. The molecule has 1 fully saturated rings. The SMILES string of the molecule is NC(CN(C(=O)c1cccc(O)c1)C1CCCC1)=NO. The molecule has 20 heavy (non-hydrogen) atoms. The first-order valence-corrected chi connectivity index (χ1v) is 6.68. The lowest BCUT2D eigenvalue weighted by Gasteiger charge is -2.28. The fourth-order valence-corrected chi connectivity index (χ4v) is 2.59. The van der Waals surface area contributed by atoms with Crippen LogP contribution in [-0.4, -0.2) is 39.5 Å². The van der Waals surface area contributed by atoms with E-state index in [9.17, 15) is 9.90 Å². The zero-order valence-corrected chi connectivity index (χ0v) is 11.2. The number of carbonyl (C=O) groups is 1. The number of phenolic OH excluding ortho intramolecular Hbond substituents is 1. The van der Waals surface area contributed by atoms with E-state index in [4.69, 9.17) is 10.9 Å². The van der Waals surface area contributed by atoms with Crippen molar-refractivity contribution in [1.82, 2.24) is 4.90 Å². The van der Waals surface area contributed by atoms with Gasteiger partial charge < -0.3 is 20.9 Å². The third-order valence-electron chi connectivity index (χ3n) is 3.58. The van der Waals surface area contributed by atoms with Crippen LogP contribution in [0.15, 0.2) is 29.4 Å². The Kier molecular flexibility index (Phi) is 4.45. The van der Waals surface area contributed by atoms with Crippen LogP contribution in [0, 0.1) is 0 Å². The molecular formula is C14H19N3O3. The van der Waals surface area contributed by atoms with Gasteiger partial charge in [-0.2, -0.15) is 0 Å². The molecule has 0 aliphatic heterocycles. The smallest absolute Gasteiger partial charge is 0.254 e. The van der Waals surface area contributed by atoms with Crippen molar-refractivity contribution < 1.29 is 15.1 Å². The van der Waals surface area contributed by atoms with E-state index in [1.807, 2.05) is 0 Å². The highest BCUT2D eigenvalue weighted by molar-refractivity contribution is 5.97. The molecule has 0 spiro atoms. The van der Waals surface area contributed by atoms with Crippen LogP contribution in [-0.2, 0) is 0 Å². The van der Waals surface area contributed by atoms with Gasteiger partial charge in [0.15, 0.2) is 5.84 Å². The molecule has 108 valence electrons. The van der Waals surface area contributed by atoms with Gasteiger partial charge in [-0.05, 0) is 31.0 Å². The van der Waals surface area contributed by atoms with Crippen molar-refractivity contribution in [1.29, 1.82) is 0 Å². The molecule has 0 aromatic heterocycles. The van der Waals surface area contributed by atoms with Gasteiger partial charge in [0.25, 0.3) is 5.91 Å². The predicted molar refractivity (Wildman–Crippen MR) is 74.8 cm³/mol. The molecule has 0 saturated heterocycles. The average molecular weight is 277 g/mol. The first-order chi connectivity index (χ1) is 9.61. The predicted octanol–water partition coefficient (Wildman–Crippen LogP) is 1.52. The number of nitrogens with zero attached hydrogens (tertiary/aromatic N) is 2. The van der Waals surface area contributed by atoms with Gasteiger partial charge in [0.1, 0.15) is 5.75 Å². The number of amidine groups is 1. The number of nitrogens with two attached hydrogens (primary N) is 1. The highest BCUT2D eigenvalue weighted by Crippen LogP contribution is 2.25. The van der Waals surface area contributed by atoms with Crippen LogP contribution in [0.1, 0.15) is 36.0 Å². The fraction of sp³-hybridized carbons (Fsp3) is 0.429. The fourth-order valence-electron chi connectivity index (χ4n) is 2.59. The maximum Gasteiger partial charge on any atom is 0.254 e. The lowest BCUT2D eigenvalue weighted by molar-refractivity contribution is 0.0712. The van der Waals surface area contributed by atoms with Crippen LogP contribution in [0.2, 0.25) is 0 Å². The highest BCUT2D eigenvalue weighted by atomic mass is 16.4. The number of benzene rings is 1. The minimum atomic E-state index is -0.209. The van der Waals surface area contributed by atoms with Crippen LogP contribution in [0.4, 0.5) is 0 Å². The van der Waals surface area contributed by atoms with Gasteiger partial charge in [-0.1, -0.05) is 24.1 Å². The van der Waals surface area contributed by atoms with Crippen molar-refractivity contribution in [2.75, 3.05) is 6.54 Å². The Labute approximate surface area is 117 Å². The molecular weight excluding hydrogens is 258 g/mol. The standard InChI is InChI=1S/C14H19N3O3/c15-13(16-20)9-17(11-5-1-2-6-11)14(19)10-4-3-7-12(18)8-10/h3-4,7-8,11,18,20H,1-2,5-6,9H2,(H2,15,16). The second-order valence-corrected chi connectivity index (χ2v) is 5.01. The van der Waals surface area contributed by atoms with Gasteiger partial charge >= 0.3 is 0 Å². The number of hydrogen-bond acceptors (Lipinski definition) is 4. The Bertz CT molecular complexity index is 510. The number of hydrogen-bond donors (Lipinski definition) is 3. The van der Waals surface area contributed by atoms with Crippen molar-refractivity contribution in [3.05, 3.63) is 29.8 Å². The summed E-state index contributed by atoms with van der Waals surface area (Å²) >= 11 is 0. The number of aromatic hydroxyl groups is 1. The molecule has 1 amide bonds. The van der Waals surface area contributed by atoms with E-state index in [1.54, 1.807) is 17.0 Å². The molecule has 6 nitrogen and oxygen atoms in total. The summed E-state index contributed by atoms with van der Waals surface area (Å²) in [7, 11) is 0. The van der Waals surface area contributed by atoms with Crippen LogP contribution in [0.25, 0.3) is 0 Å². The monoisotopic (exact) mass is 277 g/mol. The van der Waals surface area contributed by atoms with E-state index >= 15 is 0 Å². The number of amides is 1. The zero-order chi connectivity index (χ0) is 14.5. The summed E-state index contributed by atoms with van der Waals surface area (Å²) in [6.45, 7) is 0.0929. The number of oxime groups is 1. The van der Waals surface area contributed by atoms with Gasteiger partial charge in [0.05, 0.1) is 6.54 Å². The van der Waals surface area contributed by atoms with Gasteiger partial charge in [0, 0.05) is 11.6 Å². The topological polar surface area (TPSA) is 99.2 Å². The third kappa shape index (κ3) is 3.20. The van der Waals surface area contributed by atoms with Crippen LogP contribution in [0.3, 0.4) is 0 Å². The molecule has 1 saturated carbocycles. The molecule has 6 heteroatoms. The number of carbonyl (C=O) groups excluding carboxylic acids is 1. The maximum absolute atomic E-state index is 12.6. The molecule has 1 aromatic rings. The van der Waals surface area contributed by atoms with Crippen molar-refractivity contribution in [3.8, 4) is 5.75 Å². The van der Waals surface area contributed by atoms with E-state index in [2.05, 4.69) is 5.16 Å². The van der Waals surface area contributed by atoms with Crippen molar-refractivity contribution in [3.63, 3.8) is 0 Å². The van der Waals surface area contributed by atoms with Gasteiger partial charge in [-0.25, -0.2) is 0 Å². The Hall–Kier alpha value is -2.24. The Balaban J connectivity index is 2.23. The first-order valence-electron chi connectivity index (χ1n) is 6.68. The summed E-state index contributed by atoms with van der Waals surface area (Å²) in [5, 5.41) is 21.1. The second kappa shape index (κ2) is 6.27. The summed E-state index contributed by atoms with van der Waals surface area (Å²) < 4.78 is 0. The lowest BCUT2D eigenvalue weighted by Crippen LogP contribution is -2.44. The zero-order valence-electron chi connectivity index (χ0n) is 11.2. The largest absolute Gasteiger partial charge is 0.508 e. The molecule has 2 rings (SSSR count). The molecule has 4 N–H and O–H groups in total. The molecule has 1 aliphatic rings. The number of phenols is 1. The second-order valence-electron chi connectivity index (χ2n) is 5.01. The van der Waals surface area contributed by atoms with Crippen LogP contribution < -0.4 is 5.73 Å². The molecule has 0 bridgehead atoms. The van der Waals surface area contributed by atoms with Crippen molar-refractivity contribution in [2.24, 2.45) is 10.9 Å². The van der Waals surface area contributed by atoms with Gasteiger partial charge in [-0.3, -0.25) is 4.79 Å². The number of rotatable bonds is 4. The molecule has 1 aliphatic carbocycles. The maximum atomic E-state index is 12.6. The quantitative estimate of drug-likeness (QED) is 0.336. The van der Waals surface area contributed by atoms with Crippen molar-refractivity contribution in [2.45, 2.75) is 31.7 Å².